The maximum absolute atomic E-state index is 5.45. The van der Waals surface area contributed by atoms with E-state index in [-0.39, 0.29) is 5.41 Å². The third kappa shape index (κ3) is 4.29. The Hall–Kier alpha value is -0.540. The summed E-state index contributed by atoms with van der Waals surface area (Å²) in [6, 6.07) is 6.21. The van der Waals surface area contributed by atoms with Crippen LogP contribution in [0.3, 0.4) is 0 Å². The first-order valence-corrected chi connectivity index (χ1v) is 7.14. The Labute approximate surface area is 119 Å². The lowest BCUT2D eigenvalue weighted by atomic mass is 9.77. The lowest BCUT2D eigenvalue weighted by Crippen LogP contribution is -2.31. The lowest BCUT2D eigenvalue weighted by molar-refractivity contribution is 0.233. The molecule has 0 aliphatic heterocycles. The second-order valence-corrected chi connectivity index (χ2v) is 6.70. The molecule has 18 heavy (non-hydrogen) atoms. The second-order valence-electron chi connectivity index (χ2n) is 5.78. The minimum Gasteiger partial charge on any atom is -0.496 e. The van der Waals surface area contributed by atoms with Crippen LogP contribution in [0.1, 0.15) is 26.3 Å². The fourth-order valence-electron chi connectivity index (χ4n) is 2.10. The Bertz CT molecular complexity index is 385. The molecule has 2 nitrogen and oxygen atoms in total. The molecule has 1 unspecified atom stereocenters. The minimum absolute atomic E-state index is 0.274. The number of rotatable bonds is 5. The number of benzene rings is 1. The fraction of sp³-hybridized carbons (Fsp3) is 0.600. The number of halogens is 1. The van der Waals surface area contributed by atoms with Crippen LogP contribution < -0.4 is 10.1 Å². The Morgan fingerprint density at radius 1 is 1.33 bits per heavy atom. The van der Waals surface area contributed by atoms with Crippen molar-refractivity contribution in [2.45, 2.75) is 27.2 Å². The maximum atomic E-state index is 5.45. The average Bonchev–Trinajstić information content (AvgIpc) is 2.27. The van der Waals surface area contributed by atoms with Crippen molar-refractivity contribution in [3.8, 4) is 5.75 Å². The van der Waals surface area contributed by atoms with Gasteiger partial charge in [0.05, 0.1) is 7.11 Å². The molecule has 0 aromatic heterocycles. The predicted octanol–water partition coefficient (Wildman–Crippen LogP) is 3.88. The Morgan fingerprint density at radius 3 is 2.50 bits per heavy atom. The SMILES string of the molecule is CNCC(Cc1cc(Br)ccc1OC)C(C)(C)C. The van der Waals surface area contributed by atoms with E-state index in [9.17, 15) is 0 Å². The van der Waals surface area contributed by atoms with Gasteiger partial charge in [0.15, 0.2) is 0 Å². The highest BCUT2D eigenvalue weighted by atomic mass is 79.9. The van der Waals surface area contributed by atoms with Gasteiger partial charge in [-0.05, 0) is 55.1 Å². The van der Waals surface area contributed by atoms with Gasteiger partial charge in [-0.1, -0.05) is 36.7 Å². The van der Waals surface area contributed by atoms with E-state index in [1.165, 1.54) is 5.56 Å². The van der Waals surface area contributed by atoms with Gasteiger partial charge in [0.2, 0.25) is 0 Å². The Balaban J connectivity index is 2.96. The Kier molecular flexibility index (Phi) is 5.67. The monoisotopic (exact) mass is 313 g/mol. The molecule has 0 aliphatic rings. The Morgan fingerprint density at radius 2 is 2.00 bits per heavy atom. The van der Waals surface area contributed by atoms with Gasteiger partial charge >= 0.3 is 0 Å². The molecular formula is C15H24BrNO. The van der Waals surface area contributed by atoms with Crippen LogP contribution in [0.2, 0.25) is 0 Å². The van der Waals surface area contributed by atoms with E-state index in [0.29, 0.717) is 5.92 Å². The number of hydrogen-bond acceptors (Lipinski definition) is 2. The maximum Gasteiger partial charge on any atom is 0.122 e. The average molecular weight is 314 g/mol. The van der Waals surface area contributed by atoms with Gasteiger partial charge in [0, 0.05) is 4.47 Å². The van der Waals surface area contributed by atoms with Gasteiger partial charge in [0.25, 0.3) is 0 Å². The van der Waals surface area contributed by atoms with E-state index < -0.39 is 0 Å². The van der Waals surface area contributed by atoms with Gasteiger partial charge in [-0.3, -0.25) is 0 Å². The van der Waals surface area contributed by atoms with Crippen LogP contribution in [0.25, 0.3) is 0 Å². The fourth-order valence-corrected chi connectivity index (χ4v) is 2.51. The van der Waals surface area contributed by atoms with E-state index in [0.717, 1.165) is 23.2 Å². The molecule has 0 amide bonds. The van der Waals surface area contributed by atoms with Crippen molar-refractivity contribution < 1.29 is 4.74 Å². The van der Waals surface area contributed by atoms with Crippen molar-refractivity contribution in [1.29, 1.82) is 0 Å². The first-order chi connectivity index (χ1) is 8.38. The quantitative estimate of drug-likeness (QED) is 0.890. The highest BCUT2D eigenvalue weighted by Crippen LogP contribution is 2.32. The predicted molar refractivity (Wildman–Crippen MR) is 81.3 cm³/mol. The summed E-state index contributed by atoms with van der Waals surface area (Å²) in [7, 11) is 3.74. The van der Waals surface area contributed by atoms with Crippen LogP contribution in [-0.4, -0.2) is 20.7 Å². The normalized spacial score (nSPS) is 13.4. The first-order valence-electron chi connectivity index (χ1n) is 6.35. The third-order valence-corrected chi connectivity index (χ3v) is 3.88. The molecule has 102 valence electrons. The minimum atomic E-state index is 0.274. The molecule has 0 bridgehead atoms. The zero-order chi connectivity index (χ0) is 13.8. The van der Waals surface area contributed by atoms with Crippen molar-refractivity contribution in [2.75, 3.05) is 20.7 Å². The van der Waals surface area contributed by atoms with Crippen LogP contribution in [0.4, 0.5) is 0 Å². The van der Waals surface area contributed by atoms with Crippen LogP contribution in [0.15, 0.2) is 22.7 Å². The number of ether oxygens (including phenoxy) is 1. The molecule has 0 spiro atoms. The third-order valence-electron chi connectivity index (χ3n) is 3.38. The van der Waals surface area contributed by atoms with E-state index in [4.69, 9.17) is 4.74 Å². The van der Waals surface area contributed by atoms with Crippen molar-refractivity contribution in [2.24, 2.45) is 11.3 Å². The van der Waals surface area contributed by atoms with Crippen molar-refractivity contribution in [3.05, 3.63) is 28.2 Å². The van der Waals surface area contributed by atoms with Crippen LogP contribution >= 0.6 is 15.9 Å². The van der Waals surface area contributed by atoms with Crippen LogP contribution in [0, 0.1) is 11.3 Å². The topological polar surface area (TPSA) is 21.3 Å². The largest absolute Gasteiger partial charge is 0.496 e. The van der Waals surface area contributed by atoms with Gasteiger partial charge in [-0.15, -0.1) is 0 Å². The molecule has 1 rings (SSSR count). The zero-order valence-electron chi connectivity index (χ0n) is 12.0. The van der Waals surface area contributed by atoms with Gasteiger partial charge in [-0.2, -0.15) is 0 Å². The molecule has 0 radical (unpaired) electrons. The molecule has 1 atom stereocenters. The van der Waals surface area contributed by atoms with Gasteiger partial charge < -0.3 is 10.1 Å². The number of hydrogen-bond donors (Lipinski definition) is 1. The van der Waals surface area contributed by atoms with Crippen LogP contribution in [-0.2, 0) is 6.42 Å². The van der Waals surface area contributed by atoms with E-state index in [1.54, 1.807) is 7.11 Å². The summed E-state index contributed by atoms with van der Waals surface area (Å²) in [5.41, 5.74) is 1.54. The standard InChI is InChI=1S/C15H24BrNO/c1-15(2,3)12(10-17-4)8-11-9-13(16)6-7-14(11)18-5/h6-7,9,12,17H,8,10H2,1-5H3. The van der Waals surface area contributed by atoms with Crippen LogP contribution in [0.5, 0.6) is 5.75 Å². The van der Waals surface area contributed by atoms with E-state index in [1.807, 2.05) is 19.2 Å². The zero-order valence-corrected chi connectivity index (χ0v) is 13.6. The molecule has 3 heteroatoms. The molecule has 1 N–H and O–H groups in total. The molecule has 1 aromatic carbocycles. The highest BCUT2D eigenvalue weighted by molar-refractivity contribution is 9.10. The van der Waals surface area contributed by atoms with Crippen molar-refractivity contribution in [1.82, 2.24) is 5.32 Å². The van der Waals surface area contributed by atoms with E-state index in [2.05, 4.69) is 48.1 Å². The van der Waals surface area contributed by atoms with E-state index >= 15 is 0 Å². The smallest absolute Gasteiger partial charge is 0.122 e. The first kappa shape index (κ1) is 15.5. The molecule has 0 saturated carbocycles. The summed E-state index contributed by atoms with van der Waals surface area (Å²) >= 11 is 3.53. The summed E-state index contributed by atoms with van der Waals surface area (Å²) in [4.78, 5) is 0. The summed E-state index contributed by atoms with van der Waals surface area (Å²) in [5, 5.41) is 3.29. The lowest BCUT2D eigenvalue weighted by Gasteiger charge is -2.31. The van der Waals surface area contributed by atoms with Crippen molar-refractivity contribution in [3.63, 3.8) is 0 Å². The second kappa shape index (κ2) is 6.58. The summed E-state index contributed by atoms with van der Waals surface area (Å²) < 4.78 is 6.56. The number of methoxy groups -OCH3 is 1. The summed E-state index contributed by atoms with van der Waals surface area (Å²) in [5.74, 6) is 1.55. The summed E-state index contributed by atoms with van der Waals surface area (Å²) in [6.07, 6.45) is 1.02. The molecule has 0 fully saturated rings. The van der Waals surface area contributed by atoms with Gasteiger partial charge in [-0.25, -0.2) is 0 Å². The molecule has 0 aliphatic carbocycles. The molecule has 1 aromatic rings. The molecule has 0 saturated heterocycles. The van der Waals surface area contributed by atoms with Gasteiger partial charge in [0.1, 0.15) is 5.75 Å². The molecule has 0 heterocycles. The highest BCUT2D eigenvalue weighted by Gasteiger charge is 2.25. The molecular weight excluding hydrogens is 290 g/mol. The number of nitrogens with one attached hydrogen (secondary N) is 1. The summed E-state index contributed by atoms with van der Waals surface area (Å²) in [6.45, 7) is 7.89. The van der Waals surface area contributed by atoms with Crippen molar-refractivity contribution >= 4 is 15.9 Å².